The van der Waals surface area contributed by atoms with E-state index in [1.54, 1.807) is 19.1 Å². The number of ether oxygens (including phenoxy) is 3. The first-order valence-electron chi connectivity index (χ1n) is 7.29. The van der Waals surface area contributed by atoms with Crippen LogP contribution in [0.1, 0.15) is 25.5 Å². The number of amides is 2. The minimum atomic E-state index is -0.660. The lowest BCUT2D eigenvalue weighted by Gasteiger charge is -2.28. The SMILES string of the molecule is CCOc1c(Br)cc([C@H]2NC(=O)NC(C)=C2C(=O)OC)cc1OC. The van der Waals surface area contributed by atoms with Crippen LogP contribution in [0.15, 0.2) is 27.9 Å². The number of halogens is 1. The van der Waals surface area contributed by atoms with E-state index < -0.39 is 18.0 Å². The van der Waals surface area contributed by atoms with Crippen molar-refractivity contribution in [1.82, 2.24) is 10.6 Å². The number of urea groups is 1. The van der Waals surface area contributed by atoms with Gasteiger partial charge in [0.25, 0.3) is 0 Å². The van der Waals surface area contributed by atoms with Crippen LogP contribution in [0.25, 0.3) is 0 Å². The minimum Gasteiger partial charge on any atom is -0.493 e. The standard InChI is InChI=1S/C16H19BrN2O5/c1-5-24-14-10(17)6-9(7-11(14)22-3)13-12(15(20)23-4)8(2)18-16(21)19-13/h6-7,13H,5H2,1-4H3,(H2,18,19,21)/t13-/m1/s1. The van der Waals surface area contributed by atoms with Gasteiger partial charge in [0.1, 0.15) is 0 Å². The molecule has 0 saturated carbocycles. The number of rotatable bonds is 5. The Bertz CT molecular complexity index is 702. The molecule has 1 aromatic rings. The van der Waals surface area contributed by atoms with Gasteiger partial charge in [-0.25, -0.2) is 9.59 Å². The molecule has 7 nitrogen and oxygen atoms in total. The number of hydrogen-bond donors (Lipinski definition) is 2. The van der Waals surface area contributed by atoms with E-state index in [1.165, 1.54) is 14.2 Å². The summed E-state index contributed by atoms with van der Waals surface area (Å²) in [6.07, 6.45) is 0. The van der Waals surface area contributed by atoms with Crippen molar-refractivity contribution >= 4 is 27.9 Å². The molecule has 0 saturated heterocycles. The number of nitrogens with one attached hydrogen (secondary N) is 2. The van der Waals surface area contributed by atoms with Gasteiger partial charge in [0.15, 0.2) is 11.5 Å². The van der Waals surface area contributed by atoms with Gasteiger partial charge < -0.3 is 24.8 Å². The number of methoxy groups -OCH3 is 2. The smallest absolute Gasteiger partial charge is 0.337 e. The monoisotopic (exact) mass is 398 g/mol. The predicted molar refractivity (Wildman–Crippen MR) is 91.0 cm³/mol. The molecule has 1 aromatic carbocycles. The molecule has 2 N–H and O–H groups in total. The first kappa shape index (κ1) is 18.1. The van der Waals surface area contributed by atoms with Crippen molar-refractivity contribution in [2.75, 3.05) is 20.8 Å². The molecule has 0 bridgehead atoms. The maximum absolute atomic E-state index is 12.1. The number of carbonyl (C=O) groups excluding carboxylic acids is 2. The summed E-state index contributed by atoms with van der Waals surface area (Å²) < 4.78 is 16.4. The Balaban J connectivity index is 2.56. The van der Waals surface area contributed by atoms with Crippen molar-refractivity contribution in [3.63, 3.8) is 0 Å². The van der Waals surface area contributed by atoms with Crippen LogP contribution in [0.2, 0.25) is 0 Å². The van der Waals surface area contributed by atoms with E-state index in [2.05, 4.69) is 26.6 Å². The highest BCUT2D eigenvalue weighted by molar-refractivity contribution is 9.10. The molecule has 24 heavy (non-hydrogen) atoms. The van der Waals surface area contributed by atoms with Crippen LogP contribution in [0.3, 0.4) is 0 Å². The highest BCUT2D eigenvalue weighted by atomic mass is 79.9. The zero-order chi connectivity index (χ0) is 17.9. The topological polar surface area (TPSA) is 85.9 Å². The van der Waals surface area contributed by atoms with E-state index in [9.17, 15) is 9.59 Å². The molecule has 2 rings (SSSR count). The molecule has 8 heteroatoms. The molecule has 1 aliphatic heterocycles. The molecule has 0 unspecified atom stereocenters. The van der Waals surface area contributed by atoms with Crippen LogP contribution in [-0.2, 0) is 9.53 Å². The number of esters is 1. The zero-order valence-electron chi connectivity index (χ0n) is 13.9. The van der Waals surface area contributed by atoms with Crippen molar-refractivity contribution < 1.29 is 23.8 Å². The lowest BCUT2D eigenvalue weighted by molar-refractivity contribution is -0.136. The predicted octanol–water partition coefficient (Wildman–Crippen LogP) is 2.66. The Morgan fingerprint density at radius 1 is 1.33 bits per heavy atom. The molecular formula is C16H19BrN2O5. The summed E-state index contributed by atoms with van der Waals surface area (Å²) in [5.41, 5.74) is 1.44. The van der Waals surface area contributed by atoms with Gasteiger partial charge in [0.05, 0.1) is 36.9 Å². The maximum atomic E-state index is 12.1. The van der Waals surface area contributed by atoms with Gasteiger partial charge in [-0.1, -0.05) is 0 Å². The van der Waals surface area contributed by atoms with Crippen molar-refractivity contribution in [2.45, 2.75) is 19.9 Å². The Hall–Kier alpha value is -2.22. The lowest BCUT2D eigenvalue weighted by Crippen LogP contribution is -2.45. The molecule has 0 aliphatic carbocycles. The van der Waals surface area contributed by atoms with E-state index in [4.69, 9.17) is 14.2 Å². The summed E-state index contributed by atoms with van der Waals surface area (Å²) >= 11 is 3.45. The van der Waals surface area contributed by atoms with E-state index >= 15 is 0 Å². The molecule has 0 aromatic heterocycles. The first-order chi connectivity index (χ1) is 11.4. The molecule has 130 valence electrons. The van der Waals surface area contributed by atoms with Crippen LogP contribution in [0, 0.1) is 0 Å². The third-order valence-corrected chi connectivity index (χ3v) is 4.14. The van der Waals surface area contributed by atoms with Crippen molar-refractivity contribution in [1.29, 1.82) is 0 Å². The van der Waals surface area contributed by atoms with Crippen molar-refractivity contribution in [3.05, 3.63) is 33.4 Å². The quantitative estimate of drug-likeness (QED) is 0.744. The Morgan fingerprint density at radius 3 is 2.62 bits per heavy atom. The van der Waals surface area contributed by atoms with Crippen molar-refractivity contribution in [3.8, 4) is 11.5 Å². The average Bonchev–Trinajstić information content (AvgIpc) is 2.55. The van der Waals surface area contributed by atoms with Crippen LogP contribution in [0.5, 0.6) is 11.5 Å². The fourth-order valence-electron chi connectivity index (χ4n) is 2.52. The normalized spacial score (nSPS) is 17.0. The summed E-state index contributed by atoms with van der Waals surface area (Å²) in [6.45, 7) is 4.00. The number of carbonyl (C=O) groups is 2. The van der Waals surface area contributed by atoms with E-state index in [0.717, 1.165) is 0 Å². The fraction of sp³-hybridized carbons (Fsp3) is 0.375. The molecule has 1 heterocycles. The molecule has 2 amide bonds. The molecule has 0 fully saturated rings. The third-order valence-electron chi connectivity index (χ3n) is 3.55. The number of benzene rings is 1. The van der Waals surface area contributed by atoms with Crippen molar-refractivity contribution in [2.24, 2.45) is 0 Å². The second-order valence-electron chi connectivity index (χ2n) is 5.03. The Labute approximate surface area is 148 Å². The molecule has 0 spiro atoms. The summed E-state index contributed by atoms with van der Waals surface area (Å²) in [6, 6.07) is 2.45. The molecule has 1 aliphatic rings. The van der Waals surface area contributed by atoms with Gasteiger partial charge in [-0.3, -0.25) is 0 Å². The van der Waals surface area contributed by atoms with Gasteiger partial charge in [-0.15, -0.1) is 0 Å². The van der Waals surface area contributed by atoms with Crippen LogP contribution < -0.4 is 20.1 Å². The molecule has 0 radical (unpaired) electrons. The van der Waals surface area contributed by atoms with E-state index in [0.29, 0.717) is 39.4 Å². The number of hydrogen-bond acceptors (Lipinski definition) is 5. The second kappa shape index (κ2) is 7.57. The summed E-state index contributed by atoms with van der Waals surface area (Å²) in [7, 11) is 2.82. The largest absolute Gasteiger partial charge is 0.493 e. The second-order valence-corrected chi connectivity index (χ2v) is 5.88. The van der Waals surface area contributed by atoms with Crippen LogP contribution in [-0.4, -0.2) is 32.8 Å². The van der Waals surface area contributed by atoms with Gasteiger partial charge in [0, 0.05) is 5.70 Å². The van der Waals surface area contributed by atoms with Crippen LogP contribution >= 0.6 is 15.9 Å². The van der Waals surface area contributed by atoms with Gasteiger partial charge in [-0.2, -0.15) is 0 Å². The summed E-state index contributed by atoms with van der Waals surface area (Å²) in [5.74, 6) is 0.536. The van der Waals surface area contributed by atoms with Crippen LogP contribution in [0.4, 0.5) is 4.79 Å². The first-order valence-corrected chi connectivity index (χ1v) is 8.09. The Kier molecular flexibility index (Phi) is 5.71. The average molecular weight is 399 g/mol. The molecular weight excluding hydrogens is 380 g/mol. The maximum Gasteiger partial charge on any atom is 0.337 e. The summed E-state index contributed by atoms with van der Waals surface area (Å²) in [5, 5.41) is 5.31. The fourth-order valence-corrected chi connectivity index (χ4v) is 3.09. The van der Waals surface area contributed by atoms with Gasteiger partial charge in [-0.05, 0) is 47.5 Å². The van der Waals surface area contributed by atoms with Gasteiger partial charge >= 0.3 is 12.0 Å². The highest BCUT2D eigenvalue weighted by Crippen LogP contribution is 2.40. The highest BCUT2D eigenvalue weighted by Gasteiger charge is 2.32. The zero-order valence-corrected chi connectivity index (χ0v) is 15.4. The van der Waals surface area contributed by atoms with E-state index in [-0.39, 0.29) is 0 Å². The van der Waals surface area contributed by atoms with Gasteiger partial charge in [0.2, 0.25) is 0 Å². The Morgan fingerprint density at radius 2 is 2.04 bits per heavy atom. The minimum absolute atomic E-state index is 0.329. The third kappa shape index (κ3) is 3.48. The lowest BCUT2D eigenvalue weighted by atomic mass is 9.95. The van der Waals surface area contributed by atoms with E-state index in [1.807, 2.05) is 6.92 Å². The number of allylic oxidation sites excluding steroid dienone is 1. The summed E-state index contributed by atoms with van der Waals surface area (Å²) in [4.78, 5) is 24.0. The molecule has 1 atom stereocenters.